The van der Waals surface area contributed by atoms with E-state index in [9.17, 15) is 4.79 Å². The predicted molar refractivity (Wildman–Crippen MR) is 53.2 cm³/mol. The summed E-state index contributed by atoms with van der Waals surface area (Å²) in [5, 5.41) is 0. The van der Waals surface area contributed by atoms with E-state index in [1.807, 2.05) is 17.9 Å². The Bertz CT molecular complexity index is 201. The monoisotopic (exact) mass is 182 g/mol. The average molecular weight is 182 g/mol. The summed E-state index contributed by atoms with van der Waals surface area (Å²) in [5.41, 5.74) is 5.77. The molecule has 0 aromatic carbocycles. The van der Waals surface area contributed by atoms with Crippen LogP contribution < -0.4 is 5.73 Å². The van der Waals surface area contributed by atoms with Crippen molar-refractivity contribution in [3.63, 3.8) is 0 Å². The Labute approximate surface area is 79.6 Å². The summed E-state index contributed by atoms with van der Waals surface area (Å²) in [7, 11) is 0. The molecular weight excluding hydrogens is 164 g/mol. The molecule has 1 unspecified atom stereocenters. The molecule has 1 aliphatic rings. The van der Waals surface area contributed by atoms with Crippen LogP contribution in [-0.4, -0.2) is 29.9 Å². The molecule has 0 aromatic heterocycles. The molecule has 0 saturated carbocycles. The maximum atomic E-state index is 11.5. The Morgan fingerprint density at radius 1 is 1.69 bits per heavy atom. The van der Waals surface area contributed by atoms with E-state index >= 15 is 0 Å². The second-order valence-electron chi connectivity index (χ2n) is 3.50. The normalized spacial score (nSPS) is 23.8. The van der Waals surface area contributed by atoms with E-state index in [-0.39, 0.29) is 11.9 Å². The number of piperidine rings is 1. The highest BCUT2D eigenvalue weighted by Crippen LogP contribution is 2.08. The van der Waals surface area contributed by atoms with Crippen molar-refractivity contribution in [3.8, 4) is 0 Å². The van der Waals surface area contributed by atoms with Crippen molar-refractivity contribution in [2.24, 2.45) is 5.73 Å². The van der Waals surface area contributed by atoms with Crippen molar-refractivity contribution < 1.29 is 4.79 Å². The van der Waals surface area contributed by atoms with Crippen LogP contribution in [0.4, 0.5) is 0 Å². The fourth-order valence-electron chi connectivity index (χ4n) is 1.53. The number of nitrogens with two attached hydrogens (primary N) is 1. The molecule has 3 heteroatoms. The van der Waals surface area contributed by atoms with Crippen LogP contribution in [-0.2, 0) is 4.79 Å². The summed E-state index contributed by atoms with van der Waals surface area (Å²) in [6.07, 6.45) is 6.53. The third-order valence-electron chi connectivity index (χ3n) is 2.27. The molecule has 0 bridgehead atoms. The van der Waals surface area contributed by atoms with Gasteiger partial charge >= 0.3 is 0 Å². The lowest BCUT2D eigenvalue weighted by Crippen LogP contribution is -2.45. The molecule has 0 aliphatic carbocycles. The van der Waals surface area contributed by atoms with Crippen molar-refractivity contribution >= 4 is 5.91 Å². The highest BCUT2D eigenvalue weighted by Gasteiger charge is 2.18. The molecule has 2 N–H and O–H groups in total. The maximum absolute atomic E-state index is 11.5. The van der Waals surface area contributed by atoms with Gasteiger partial charge in [0.2, 0.25) is 5.91 Å². The molecule has 74 valence electrons. The number of carbonyl (C=O) groups is 1. The van der Waals surface area contributed by atoms with Crippen molar-refractivity contribution in [2.45, 2.75) is 32.2 Å². The topological polar surface area (TPSA) is 46.3 Å². The summed E-state index contributed by atoms with van der Waals surface area (Å²) in [6, 6.07) is 0.174. The summed E-state index contributed by atoms with van der Waals surface area (Å²) < 4.78 is 0. The fraction of sp³-hybridized carbons (Fsp3) is 0.700. The molecule has 1 fully saturated rings. The summed E-state index contributed by atoms with van der Waals surface area (Å²) in [5.74, 6) is 0.108. The van der Waals surface area contributed by atoms with Crippen LogP contribution in [0, 0.1) is 0 Å². The standard InChI is InChI=1S/C10H18N2O/c1-2-3-6-10(13)12-7-4-5-9(11)8-12/h3,6,9H,2,4-5,7-8,11H2,1H3/b6-3+. The molecule has 1 heterocycles. The molecule has 1 saturated heterocycles. The van der Waals surface area contributed by atoms with Gasteiger partial charge in [-0.3, -0.25) is 4.79 Å². The molecule has 1 aliphatic heterocycles. The van der Waals surface area contributed by atoms with E-state index in [0.717, 1.165) is 25.8 Å². The Balaban J connectivity index is 2.41. The minimum Gasteiger partial charge on any atom is -0.338 e. The van der Waals surface area contributed by atoms with E-state index < -0.39 is 0 Å². The quantitative estimate of drug-likeness (QED) is 0.645. The van der Waals surface area contributed by atoms with Crippen LogP contribution in [0.25, 0.3) is 0 Å². The third-order valence-corrected chi connectivity index (χ3v) is 2.27. The Kier molecular flexibility index (Phi) is 3.96. The number of allylic oxidation sites excluding steroid dienone is 1. The molecule has 0 aromatic rings. The van der Waals surface area contributed by atoms with Gasteiger partial charge in [0, 0.05) is 19.1 Å². The van der Waals surface area contributed by atoms with E-state index in [1.54, 1.807) is 6.08 Å². The minimum atomic E-state index is 0.108. The number of nitrogens with zero attached hydrogens (tertiary/aromatic N) is 1. The van der Waals surface area contributed by atoms with Crippen LogP contribution in [0.2, 0.25) is 0 Å². The average Bonchev–Trinajstić information content (AvgIpc) is 2.14. The number of hydrogen-bond donors (Lipinski definition) is 1. The van der Waals surface area contributed by atoms with Gasteiger partial charge in [0.1, 0.15) is 0 Å². The van der Waals surface area contributed by atoms with E-state index in [0.29, 0.717) is 6.54 Å². The van der Waals surface area contributed by atoms with Gasteiger partial charge in [-0.25, -0.2) is 0 Å². The Hall–Kier alpha value is -0.830. The van der Waals surface area contributed by atoms with Crippen molar-refractivity contribution in [3.05, 3.63) is 12.2 Å². The molecular formula is C10H18N2O. The highest BCUT2D eigenvalue weighted by molar-refractivity contribution is 5.87. The first-order chi connectivity index (χ1) is 6.24. The molecule has 1 amide bonds. The van der Waals surface area contributed by atoms with Crippen molar-refractivity contribution in [2.75, 3.05) is 13.1 Å². The van der Waals surface area contributed by atoms with Crippen LogP contribution in [0.15, 0.2) is 12.2 Å². The summed E-state index contributed by atoms with van der Waals surface area (Å²) in [6.45, 7) is 3.60. The molecule has 0 spiro atoms. The lowest BCUT2D eigenvalue weighted by Gasteiger charge is -2.29. The zero-order chi connectivity index (χ0) is 9.68. The van der Waals surface area contributed by atoms with Crippen LogP contribution in [0.1, 0.15) is 26.2 Å². The lowest BCUT2D eigenvalue weighted by atomic mass is 10.1. The first-order valence-electron chi connectivity index (χ1n) is 4.95. The van der Waals surface area contributed by atoms with Gasteiger partial charge in [0.15, 0.2) is 0 Å². The summed E-state index contributed by atoms with van der Waals surface area (Å²) >= 11 is 0. The Morgan fingerprint density at radius 2 is 2.46 bits per heavy atom. The summed E-state index contributed by atoms with van der Waals surface area (Å²) in [4.78, 5) is 13.3. The zero-order valence-corrected chi connectivity index (χ0v) is 8.20. The minimum absolute atomic E-state index is 0.108. The zero-order valence-electron chi connectivity index (χ0n) is 8.20. The number of rotatable bonds is 2. The fourth-order valence-corrected chi connectivity index (χ4v) is 1.53. The lowest BCUT2D eigenvalue weighted by molar-refractivity contribution is -0.127. The molecule has 3 nitrogen and oxygen atoms in total. The Morgan fingerprint density at radius 3 is 3.08 bits per heavy atom. The van der Waals surface area contributed by atoms with Crippen LogP contribution in [0.3, 0.4) is 0 Å². The van der Waals surface area contributed by atoms with Gasteiger partial charge in [-0.1, -0.05) is 13.0 Å². The number of hydrogen-bond acceptors (Lipinski definition) is 2. The molecule has 1 atom stereocenters. The van der Waals surface area contributed by atoms with Gasteiger partial charge in [-0.05, 0) is 25.3 Å². The number of likely N-dealkylation sites (tertiary alicyclic amines) is 1. The van der Waals surface area contributed by atoms with Gasteiger partial charge in [-0.15, -0.1) is 0 Å². The van der Waals surface area contributed by atoms with Gasteiger partial charge in [0.25, 0.3) is 0 Å². The van der Waals surface area contributed by atoms with Crippen molar-refractivity contribution in [1.82, 2.24) is 4.90 Å². The molecule has 1 rings (SSSR count). The van der Waals surface area contributed by atoms with E-state index in [2.05, 4.69) is 0 Å². The second-order valence-corrected chi connectivity index (χ2v) is 3.50. The van der Waals surface area contributed by atoms with E-state index in [1.165, 1.54) is 0 Å². The van der Waals surface area contributed by atoms with Crippen LogP contribution in [0.5, 0.6) is 0 Å². The van der Waals surface area contributed by atoms with Crippen molar-refractivity contribution in [1.29, 1.82) is 0 Å². The van der Waals surface area contributed by atoms with Gasteiger partial charge in [0.05, 0.1) is 0 Å². The first-order valence-corrected chi connectivity index (χ1v) is 4.95. The SMILES string of the molecule is CC/C=C/C(=O)N1CCCC(N)C1. The maximum Gasteiger partial charge on any atom is 0.246 e. The molecule has 0 radical (unpaired) electrons. The van der Waals surface area contributed by atoms with Crippen LogP contribution >= 0.6 is 0 Å². The van der Waals surface area contributed by atoms with Gasteiger partial charge < -0.3 is 10.6 Å². The van der Waals surface area contributed by atoms with E-state index in [4.69, 9.17) is 5.73 Å². The predicted octanol–water partition coefficient (Wildman–Crippen LogP) is 0.902. The van der Waals surface area contributed by atoms with Gasteiger partial charge in [-0.2, -0.15) is 0 Å². The second kappa shape index (κ2) is 5.02. The number of amides is 1. The smallest absolute Gasteiger partial charge is 0.246 e. The highest BCUT2D eigenvalue weighted by atomic mass is 16.2. The number of carbonyl (C=O) groups excluding carboxylic acids is 1. The first kappa shape index (κ1) is 10.3. The molecule has 13 heavy (non-hydrogen) atoms. The third kappa shape index (κ3) is 3.19. The largest absolute Gasteiger partial charge is 0.338 e.